The number of alkyl carbamates (subject to hydrolysis) is 1. The summed E-state index contributed by atoms with van der Waals surface area (Å²) in [6.45, 7) is 8.85. The summed E-state index contributed by atoms with van der Waals surface area (Å²) in [5.74, 6) is 0.500. The summed E-state index contributed by atoms with van der Waals surface area (Å²) in [7, 11) is 0. The fraction of sp³-hybridized carbons (Fsp3) is 0.923. The maximum absolute atomic E-state index is 11.5. The Morgan fingerprint density at radius 1 is 1.56 bits per heavy atom. The molecule has 1 heterocycles. The molecule has 0 aromatic carbocycles. The lowest BCUT2D eigenvalue weighted by Gasteiger charge is -2.22. The van der Waals surface area contributed by atoms with Crippen molar-refractivity contribution < 1.29 is 14.3 Å². The van der Waals surface area contributed by atoms with E-state index in [-0.39, 0.29) is 12.1 Å². The SMILES string of the molecule is CC1OCCC1CC(N)CNC(=O)OC(C)(C)C. The Bertz CT molecular complexity index is 276. The highest BCUT2D eigenvalue weighted by Crippen LogP contribution is 2.24. The number of ether oxygens (including phenoxy) is 2. The number of carbonyl (C=O) groups is 1. The van der Waals surface area contributed by atoms with Gasteiger partial charge in [0.25, 0.3) is 0 Å². The predicted octanol–water partition coefficient (Wildman–Crippen LogP) is 1.65. The maximum atomic E-state index is 11.5. The number of hydrogen-bond acceptors (Lipinski definition) is 4. The molecular formula is C13H26N2O3. The quantitative estimate of drug-likeness (QED) is 0.804. The van der Waals surface area contributed by atoms with E-state index in [0.29, 0.717) is 12.5 Å². The molecule has 0 radical (unpaired) electrons. The average molecular weight is 258 g/mol. The van der Waals surface area contributed by atoms with Crippen molar-refractivity contribution in [1.82, 2.24) is 5.32 Å². The third kappa shape index (κ3) is 5.69. The van der Waals surface area contributed by atoms with Crippen molar-refractivity contribution in [2.45, 2.75) is 58.3 Å². The topological polar surface area (TPSA) is 73.6 Å². The molecule has 5 nitrogen and oxygen atoms in total. The zero-order valence-electron chi connectivity index (χ0n) is 11.9. The van der Waals surface area contributed by atoms with Gasteiger partial charge in [-0.05, 0) is 46.5 Å². The molecule has 106 valence electrons. The van der Waals surface area contributed by atoms with Gasteiger partial charge in [-0.15, -0.1) is 0 Å². The lowest BCUT2D eigenvalue weighted by atomic mass is 9.94. The molecule has 5 heteroatoms. The molecule has 1 aliphatic rings. The third-order valence-corrected chi connectivity index (χ3v) is 3.05. The van der Waals surface area contributed by atoms with Crippen molar-refractivity contribution in [2.75, 3.05) is 13.2 Å². The molecule has 3 unspecified atom stereocenters. The Morgan fingerprint density at radius 2 is 2.22 bits per heavy atom. The van der Waals surface area contributed by atoms with Crippen LogP contribution in [-0.4, -0.2) is 37.0 Å². The molecular weight excluding hydrogens is 232 g/mol. The molecule has 1 fully saturated rings. The second-order valence-corrected chi connectivity index (χ2v) is 6.00. The van der Waals surface area contributed by atoms with Crippen LogP contribution in [0.5, 0.6) is 0 Å². The van der Waals surface area contributed by atoms with Crippen LogP contribution in [0.1, 0.15) is 40.5 Å². The Balaban J connectivity index is 2.20. The van der Waals surface area contributed by atoms with Crippen molar-refractivity contribution in [1.29, 1.82) is 0 Å². The van der Waals surface area contributed by atoms with Gasteiger partial charge in [-0.1, -0.05) is 0 Å². The van der Waals surface area contributed by atoms with Crippen LogP contribution < -0.4 is 11.1 Å². The highest BCUT2D eigenvalue weighted by atomic mass is 16.6. The molecule has 1 amide bonds. The molecule has 3 N–H and O–H groups in total. The van der Waals surface area contributed by atoms with Crippen molar-refractivity contribution in [3.8, 4) is 0 Å². The first-order valence-corrected chi connectivity index (χ1v) is 6.62. The standard InChI is InChI=1S/C13H26N2O3/c1-9-10(5-6-17-9)7-11(14)8-15-12(16)18-13(2,3)4/h9-11H,5-8,14H2,1-4H3,(H,15,16). The van der Waals surface area contributed by atoms with Crippen molar-refractivity contribution >= 4 is 6.09 Å². The molecule has 1 rings (SSSR count). The first-order chi connectivity index (χ1) is 8.28. The zero-order valence-corrected chi connectivity index (χ0v) is 11.9. The van der Waals surface area contributed by atoms with Gasteiger partial charge in [0, 0.05) is 19.2 Å². The fourth-order valence-electron chi connectivity index (χ4n) is 2.09. The molecule has 0 aliphatic carbocycles. The summed E-state index contributed by atoms with van der Waals surface area (Å²) in [6, 6.07) is -0.0494. The van der Waals surface area contributed by atoms with Crippen LogP contribution in [0.4, 0.5) is 4.79 Å². The molecule has 1 aliphatic heterocycles. The van der Waals surface area contributed by atoms with Gasteiger partial charge in [0.2, 0.25) is 0 Å². The lowest BCUT2D eigenvalue weighted by Crippen LogP contribution is -2.41. The van der Waals surface area contributed by atoms with E-state index in [2.05, 4.69) is 12.2 Å². The van der Waals surface area contributed by atoms with Crippen molar-refractivity contribution in [3.63, 3.8) is 0 Å². The molecule has 0 spiro atoms. The number of rotatable bonds is 4. The normalized spacial score (nSPS) is 25.8. The molecule has 0 bridgehead atoms. The number of carbonyl (C=O) groups excluding carboxylic acids is 1. The van der Waals surface area contributed by atoms with Crippen molar-refractivity contribution in [2.24, 2.45) is 11.7 Å². The van der Waals surface area contributed by atoms with Crippen LogP contribution in [0.25, 0.3) is 0 Å². The summed E-state index contributed by atoms with van der Waals surface area (Å²) >= 11 is 0. The van der Waals surface area contributed by atoms with E-state index < -0.39 is 11.7 Å². The number of amides is 1. The Labute approximate surface area is 109 Å². The van der Waals surface area contributed by atoms with Gasteiger partial charge in [-0.3, -0.25) is 0 Å². The molecule has 3 atom stereocenters. The second-order valence-electron chi connectivity index (χ2n) is 6.00. The van der Waals surface area contributed by atoms with Gasteiger partial charge in [0.05, 0.1) is 6.10 Å². The summed E-state index contributed by atoms with van der Waals surface area (Å²) < 4.78 is 10.6. The largest absolute Gasteiger partial charge is 0.444 e. The van der Waals surface area contributed by atoms with E-state index in [0.717, 1.165) is 19.4 Å². The monoisotopic (exact) mass is 258 g/mol. The van der Waals surface area contributed by atoms with Crippen LogP contribution in [0.3, 0.4) is 0 Å². The van der Waals surface area contributed by atoms with E-state index in [9.17, 15) is 4.79 Å². The Hall–Kier alpha value is -0.810. The predicted molar refractivity (Wildman–Crippen MR) is 70.4 cm³/mol. The number of hydrogen-bond donors (Lipinski definition) is 2. The third-order valence-electron chi connectivity index (χ3n) is 3.05. The minimum atomic E-state index is -0.470. The van der Waals surface area contributed by atoms with E-state index in [1.807, 2.05) is 20.8 Å². The Kier molecular flexibility index (Phi) is 5.41. The highest BCUT2D eigenvalue weighted by molar-refractivity contribution is 5.67. The van der Waals surface area contributed by atoms with Crippen LogP contribution >= 0.6 is 0 Å². The summed E-state index contributed by atoms with van der Waals surface area (Å²) in [5, 5.41) is 2.70. The van der Waals surface area contributed by atoms with Gasteiger partial charge in [-0.2, -0.15) is 0 Å². The van der Waals surface area contributed by atoms with Crippen molar-refractivity contribution in [3.05, 3.63) is 0 Å². The van der Waals surface area contributed by atoms with Gasteiger partial charge < -0.3 is 20.5 Å². The van der Waals surface area contributed by atoms with Gasteiger partial charge in [0.1, 0.15) is 5.60 Å². The Morgan fingerprint density at radius 3 is 2.72 bits per heavy atom. The lowest BCUT2D eigenvalue weighted by molar-refractivity contribution is 0.0522. The number of nitrogens with two attached hydrogens (primary N) is 1. The summed E-state index contributed by atoms with van der Waals surface area (Å²) in [6.07, 6.45) is 1.80. The van der Waals surface area contributed by atoms with Crippen LogP contribution in [0.2, 0.25) is 0 Å². The average Bonchev–Trinajstić information content (AvgIpc) is 2.59. The smallest absolute Gasteiger partial charge is 0.407 e. The fourth-order valence-corrected chi connectivity index (χ4v) is 2.09. The molecule has 0 aromatic heterocycles. The molecule has 0 saturated carbocycles. The second kappa shape index (κ2) is 6.38. The van der Waals surface area contributed by atoms with Gasteiger partial charge in [-0.25, -0.2) is 4.79 Å². The first kappa shape index (κ1) is 15.2. The minimum Gasteiger partial charge on any atom is -0.444 e. The van der Waals surface area contributed by atoms with E-state index >= 15 is 0 Å². The van der Waals surface area contributed by atoms with Gasteiger partial charge >= 0.3 is 6.09 Å². The van der Waals surface area contributed by atoms with Crippen LogP contribution in [0.15, 0.2) is 0 Å². The van der Waals surface area contributed by atoms with E-state index in [1.54, 1.807) is 0 Å². The summed E-state index contributed by atoms with van der Waals surface area (Å²) in [5.41, 5.74) is 5.53. The first-order valence-electron chi connectivity index (χ1n) is 6.62. The highest BCUT2D eigenvalue weighted by Gasteiger charge is 2.26. The minimum absolute atomic E-state index is 0.0494. The number of nitrogens with one attached hydrogen (secondary N) is 1. The molecule has 1 saturated heterocycles. The van der Waals surface area contributed by atoms with Gasteiger partial charge in [0.15, 0.2) is 0 Å². The van der Waals surface area contributed by atoms with E-state index in [1.165, 1.54) is 0 Å². The molecule has 0 aromatic rings. The zero-order chi connectivity index (χ0) is 13.8. The van der Waals surface area contributed by atoms with Crippen LogP contribution in [0, 0.1) is 5.92 Å². The summed E-state index contributed by atoms with van der Waals surface area (Å²) in [4.78, 5) is 11.5. The van der Waals surface area contributed by atoms with E-state index in [4.69, 9.17) is 15.2 Å². The van der Waals surface area contributed by atoms with Crippen LogP contribution in [-0.2, 0) is 9.47 Å². The molecule has 18 heavy (non-hydrogen) atoms. The maximum Gasteiger partial charge on any atom is 0.407 e.